The van der Waals surface area contributed by atoms with E-state index in [9.17, 15) is 0 Å². The third-order valence-electron chi connectivity index (χ3n) is 4.02. The molecule has 1 aromatic heterocycles. The number of hydrogen-bond donors (Lipinski definition) is 2. The van der Waals surface area contributed by atoms with Crippen LogP contribution in [0.4, 0.5) is 0 Å². The first-order chi connectivity index (χ1) is 10.2. The van der Waals surface area contributed by atoms with Crippen LogP contribution in [0.2, 0.25) is 5.02 Å². The maximum Gasteiger partial charge on any atom is 0.0457 e. The highest BCUT2D eigenvalue weighted by molar-refractivity contribution is 6.31. The zero-order chi connectivity index (χ0) is 14.8. The lowest BCUT2D eigenvalue weighted by molar-refractivity contribution is 0.699. The third-order valence-corrected chi connectivity index (χ3v) is 4.39. The highest BCUT2D eigenvalue weighted by Crippen LogP contribution is 2.30. The summed E-state index contributed by atoms with van der Waals surface area (Å²) < 4.78 is 0. The highest BCUT2D eigenvalue weighted by Gasteiger charge is 2.16. The number of nitrogens with one attached hydrogen (secondary N) is 1. The normalized spacial score (nSPS) is 12.7. The van der Waals surface area contributed by atoms with Crippen LogP contribution in [-0.2, 0) is 6.42 Å². The summed E-state index contributed by atoms with van der Waals surface area (Å²) in [6, 6.07) is 14.4. The molecule has 21 heavy (non-hydrogen) atoms. The minimum absolute atomic E-state index is 0.264. The number of aromatic amines is 1. The van der Waals surface area contributed by atoms with Crippen molar-refractivity contribution in [3.8, 4) is 0 Å². The number of aryl methyl sites for hydroxylation is 1. The van der Waals surface area contributed by atoms with Crippen LogP contribution < -0.4 is 5.73 Å². The van der Waals surface area contributed by atoms with Crippen molar-refractivity contribution in [2.24, 2.45) is 5.73 Å². The zero-order valence-electron chi connectivity index (χ0n) is 12.1. The third kappa shape index (κ3) is 2.82. The van der Waals surface area contributed by atoms with Gasteiger partial charge in [-0.05, 0) is 49.2 Å². The van der Waals surface area contributed by atoms with Crippen LogP contribution in [0.1, 0.15) is 22.6 Å². The molecule has 1 heterocycles. The molecule has 3 N–H and O–H groups in total. The van der Waals surface area contributed by atoms with E-state index in [0.717, 1.165) is 22.5 Å². The molecular weight excluding hydrogens is 280 g/mol. The van der Waals surface area contributed by atoms with Gasteiger partial charge in [-0.3, -0.25) is 0 Å². The summed E-state index contributed by atoms with van der Waals surface area (Å²) in [6.07, 6.45) is 2.94. The van der Waals surface area contributed by atoms with Gasteiger partial charge in [0.1, 0.15) is 0 Å². The summed E-state index contributed by atoms with van der Waals surface area (Å²) in [7, 11) is 0. The summed E-state index contributed by atoms with van der Waals surface area (Å²) in [5.41, 5.74) is 10.9. The van der Waals surface area contributed by atoms with Gasteiger partial charge in [-0.25, -0.2) is 0 Å². The quantitative estimate of drug-likeness (QED) is 0.736. The van der Waals surface area contributed by atoms with Crippen molar-refractivity contribution in [1.82, 2.24) is 4.98 Å². The first-order valence-corrected chi connectivity index (χ1v) is 7.58. The van der Waals surface area contributed by atoms with Crippen molar-refractivity contribution in [3.05, 3.63) is 70.4 Å². The predicted molar refractivity (Wildman–Crippen MR) is 90.0 cm³/mol. The molecule has 108 valence electrons. The van der Waals surface area contributed by atoms with Gasteiger partial charge >= 0.3 is 0 Å². The molecule has 1 unspecified atom stereocenters. The smallest absolute Gasteiger partial charge is 0.0457 e. The minimum Gasteiger partial charge on any atom is -0.361 e. The number of rotatable bonds is 4. The van der Waals surface area contributed by atoms with E-state index in [2.05, 4.69) is 42.4 Å². The largest absolute Gasteiger partial charge is 0.361 e. The van der Waals surface area contributed by atoms with Gasteiger partial charge in [0, 0.05) is 28.0 Å². The Hall–Kier alpha value is -1.77. The first-order valence-electron chi connectivity index (χ1n) is 7.20. The Morgan fingerprint density at radius 1 is 1.19 bits per heavy atom. The van der Waals surface area contributed by atoms with Gasteiger partial charge in [0.15, 0.2) is 0 Å². The van der Waals surface area contributed by atoms with E-state index < -0.39 is 0 Å². The van der Waals surface area contributed by atoms with Crippen LogP contribution in [0.25, 0.3) is 10.9 Å². The van der Waals surface area contributed by atoms with E-state index in [0.29, 0.717) is 6.54 Å². The van der Waals surface area contributed by atoms with E-state index in [1.54, 1.807) is 0 Å². The summed E-state index contributed by atoms with van der Waals surface area (Å²) in [4.78, 5) is 3.34. The molecule has 0 aliphatic rings. The molecule has 0 radical (unpaired) electrons. The number of aromatic nitrogens is 1. The molecule has 3 aromatic rings. The van der Waals surface area contributed by atoms with E-state index in [-0.39, 0.29) is 5.92 Å². The molecule has 0 saturated heterocycles. The lowest BCUT2D eigenvalue weighted by atomic mass is 9.91. The molecule has 0 fully saturated rings. The molecule has 2 aromatic carbocycles. The Morgan fingerprint density at radius 2 is 2.00 bits per heavy atom. The van der Waals surface area contributed by atoms with Crippen molar-refractivity contribution in [1.29, 1.82) is 0 Å². The predicted octanol–water partition coefficient (Wildman–Crippen LogP) is 4.41. The van der Waals surface area contributed by atoms with E-state index in [4.69, 9.17) is 17.3 Å². The molecule has 0 aliphatic heterocycles. The zero-order valence-corrected chi connectivity index (χ0v) is 12.8. The van der Waals surface area contributed by atoms with Crippen LogP contribution in [0.5, 0.6) is 0 Å². The van der Waals surface area contributed by atoms with Crippen molar-refractivity contribution < 1.29 is 0 Å². The van der Waals surface area contributed by atoms with Crippen LogP contribution in [0.3, 0.4) is 0 Å². The van der Waals surface area contributed by atoms with Crippen molar-refractivity contribution in [2.75, 3.05) is 6.54 Å². The molecule has 1 atom stereocenters. The van der Waals surface area contributed by atoms with Gasteiger partial charge in [0.2, 0.25) is 0 Å². The van der Waals surface area contributed by atoms with Gasteiger partial charge < -0.3 is 10.7 Å². The van der Waals surface area contributed by atoms with E-state index in [1.165, 1.54) is 16.5 Å². The number of nitrogens with two attached hydrogens (primary N) is 1. The Morgan fingerprint density at radius 3 is 2.76 bits per heavy atom. The fraction of sp³-hybridized carbons (Fsp3) is 0.222. The van der Waals surface area contributed by atoms with E-state index >= 15 is 0 Å². The summed E-state index contributed by atoms with van der Waals surface area (Å²) in [6.45, 7) is 2.72. The van der Waals surface area contributed by atoms with Gasteiger partial charge in [-0.15, -0.1) is 0 Å². The van der Waals surface area contributed by atoms with E-state index in [1.807, 2.05) is 18.2 Å². The van der Waals surface area contributed by atoms with Crippen molar-refractivity contribution in [2.45, 2.75) is 19.3 Å². The molecule has 0 bridgehead atoms. The van der Waals surface area contributed by atoms with Gasteiger partial charge in [0.25, 0.3) is 0 Å². The lowest BCUT2D eigenvalue weighted by Gasteiger charge is -2.15. The maximum atomic E-state index is 6.28. The molecular formula is C18H19ClN2. The SMILES string of the molecule is Cc1ccc2[nH]cc(C(CN)Cc3ccccc3Cl)c2c1. The second-order valence-corrected chi connectivity index (χ2v) is 5.93. The number of benzene rings is 2. The van der Waals surface area contributed by atoms with Crippen LogP contribution >= 0.6 is 11.6 Å². The van der Waals surface area contributed by atoms with Crippen LogP contribution in [0.15, 0.2) is 48.7 Å². The molecule has 0 aliphatic carbocycles. The Kier molecular flexibility index (Phi) is 4.00. The van der Waals surface area contributed by atoms with Crippen LogP contribution in [0, 0.1) is 6.92 Å². The summed E-state index contributed by atoms with van der Waals surface area (Å²) >= 11 is 6.28. The maximum absolute atomic E-state index is 6.28. The standard InChI is InChI=1S/C18H19ClN2/c1-12-6-7-18-15(8-12)16(11-21-18)14(10-20)9-13-4-2-3-5-17(13)19/h2-8,11,14,21H,9-10,20H2,1H3. The molecule has 3 heteroatoms. The summed E-state index contributed by atoms with van der Waals surface area (Å²) in [5.74, 6) is 0.264. The minimum atomic E-state index is 0.264. The fourth-order valence-electron chi connectivity index (χ4n) is 2.84. The Labute approximate surface area is 129 Å². The average Bonchev–Trinajstić information content (AvgIpc) is 2.89. The van der Waals surface area contributed by atoms with Crippen molar-refractivity contribution >= 4 is 22.5 Å². The fourth-order valence-corrected chi connectivity index (χ4v) is 3.06. The topological polar surface area (TPSA) is 41.8 Å². The second-order valence-electron chi connectivity index (χ2n) is 5.52. The molecule has 0 spiro atoms. The number of fused-ring (bicyclic) bond motifs is 1. The highest BCUT2D eigenvalue weighted by atomic mass is 35.5. The number of hydrogen-bond acceptors (Lipinski definition) is 1. The molecule has 0 saturated carbocycles. The first kappa shape index (κ1) is 14.2. The molecule has 2 nitrogen and oxygen atoms in total. The Balaban J connectivity index is 1.99. The van der Waals surface area contributed by atoms with Gasteiger partial charge in [-0.2, -0.15) is 0 Å². The van der Waals surface area contributed by atoms with Crippen molar-refractivity contribution in [3.63, 3.8) is 0 Å². The summed E-state index contributed by atoms with van der Waals surface area (Å²) in [5, 5.41) is 2.07. The second kappa shape index (κ2) is 5.92. The van der Waals surface area contributed by atoms with Gasteiger partial charge in [0.05, 0.1) is 0 Å². The number of halogens is 1. The number of H-pyrrole nitrogens is 1. The molecule has 3 rings (SSSR count). The average molecular weight is 299 g/mol. The Bertz CT molecular complexity index is 761. The van der Waals surface area contributed by atoms with Gasteiger partial charge in [-0.1, -0.05) is 41.4 Å². The van der Waals surface area contributed by atoms with Crippen LogP contribution in [-0.4, -0.2) is 11.5 Å². The molecule has 0 amide bonds. The lowest BCUT2D eigenvalue weighted by Crippen LogP contribution is -2.15. The monoisotopic (exact) mass is 298 g/mol.